The Labute approximate surface area is 153 Å². The molecule has 1 amide bonds. The number of halogens is 1. The van der Waals surface area contributed by atoms with E-state index in [4.69, 9.17) is 11.6 Å². The van der Waals surface area contributed by atoms with E-state index in [1.54, 1.807) is 30.3 Å². The molecule has 0 radical (unpaired) electrons. The molecule has 5 nitrogen and oxygen atoms in total. The number of rotatable bonds is 7. The molecule has 2 N–H and O–H groups in total. The van der Waals surface area contributed by atoms with Gasteiger partial charge in [0.25, 0.3) is 15.9 Å². The van der Waals surface area contributed by atoms with E-state index in [9.17, 15) is 13.2 Å². The normalized spacial score (nSPS) is 11.4. The predicted molar refractivity (Wildman–Crippen MR) is 100 cm³/mol. The van der Waals surface area contributed by atoms with E-state index in [0.29, 0.717) is 28.7 Å². The number of anilines is 1. The second-order valence-electron chi connectivity index (χ2n) is 6.08. The fourth-order valence-electron chi connectivity index (χ4n) is 2.15. The first-order valence-electron chi connectivity index (χ1n) is 7.94. The van der Waals surface area contributed by atoms with Crippen LogP contribution in [0.25, 0.3) is 0 Å². The molecule has 2 rings (SSSR count). The summed E-state index contributed by atoms with van der Waals surface area (Å²) in [6.07, 6.45) is 0.861. The van der Waals surface area contributed by atoms with E-state index in [2.05, 4.69) is 23.9 Å². The van der Waals surface area contributed by atoms with Crippen molar-refractivity contribution in [2.24, 2.45) is 5.92 Å². The predicted octanol–water partition coefficient (Wildman–Crippen LogP) is 3.92. The van der Waals surface area contributed by atoms with Crippen molar-refractivity contribution in [1.29, 1.82) is 0 Å². The van der Waals surface area contributed by atoms with Crippen molar-refractivity contribution < 1.29 is 13.2 Å². The van der Waals surface area contributed by atoms with Crippen LogP contribution in [-0.2, 0) is 10.0 Å². The van der Waals surface area contributed by atoms with Crippen molar-refractivity contribution in [2.75, 3.05) is 11.3 Å². The third-order valence-electron chi connectivity index (χ3n) is 3.49. The van der Waals surface area contributed by atoms with Gasteiger partial charge in [-0.05, 0) is 48.7 Å². The lowest BCUT2D eigenvalue weighted by molar-refractivity contribution is 0.0952. The van der Waals surface area contributed by atoms with Gasteiger partial charge in [0.1, 0.15) is 0 Å². The van der Waals surface area contributed by atoms with E-state index in [-0.39, 0.29) is 10.8 Å². The molecule has 0 atom stereocenters. The zero-order valence-corrected chi connectivity index (χ0v) is 15.7. The average Bonchev–Trinajstić information content (AvgIpc) is 2.54. The molecule has 0 fully saturated rings. The maximum absolute atomic E-state index is 12.5. The van der Waals surface area contributed by atoms with Crippen LogP contribution in [0.1, 0.15) is 30.6 Å². The Morgan fingerprint density at radius 3 is 2.52 bits per heavy atom. The molecular weight excluding hydrogens is 360 g/mol. The highest BCUT2D eigenvalue weighted by Crippen LogP contribution is 2.20. The number of carbonyl (C=O) groups is 1. The molecule has 0 heterocycles. The van der Waals surface area contributed by atoms with Crippen molar-refractivity contribution in [2.45, 2.75) is 25.2 Å². The lowest BCUT2D eigenvalue weighted by atomic mass is 10.1. The van der Waals surface area contributed by atoms with Crippen LogP contribution in [-0.4, -0.2) is 20.9 Å². The molecule has 0 aliphatic carbocycles. The summed E-state index contributed by atoms with van der Waals surface area (Å²) < 4.78 is 27.5. The average molecular weight is 381 g/mol. The van der Waals surface area contributed by atoms with Crippen LogP contribution in [0.4, 0.5) is 5.69 Å². The Balaban J connectivity index is 2.15. The van der Waals surface area contributed by atoms with Crippen molar-refractivity contribution in [3.63, 3.8) is 0 Å². The summed E-state index contributed by atoms with van der Waals surface area (Å²) >= 11 is 5.87. The van der Waals surface area contributed by atoms with Gasteiger partial charge in [-0.2, -0.15) is 0 Å². The zero-order chi connectivity index (χ0) is 18.4. The van der Waals surface area contributed by atoms with E-state index >= 15 is 0 Å². The lowest BCUT2D eigenvalue weighted by Gasteiger charge is -2.10. The molecule has 25 heavy (non-hydrogen) atoms. The van der Waals surface area contributed by atoms with Gasteiger partial charge in [0.05, 0.1) is 10.6 Å². The number of hydrogen-bond donors (Lipinski definition) is 2. The minimum atomic E-state index is -3.81. The lowest BCUT2D eigenvalue weighted by Crippen LogP contribution is -2.25. The molecule has 0 aromatic heterocycles. The smallest absolute Gasteiger partial charge is 0.261 e. The maximum atomic E-state index is 12.5. The molecule has 0 saturated heterocycles. The highest BCUT2D eigenvalue weighted by atomic mass is 35.5. The number of benzene rings is 2. The van der Waals surface area contributed by atoms with E-state index < -0.39 is 10.0 Å². The minimum absolute atomic E-state index is 0.0176. The van der Waals surface area contributed by atoms with Gasteiger partial charge in [0, 0.05) is 17.1 Å². The summed E-state index contributed by atoms with van der Waals surface area (Å²) in [4.78, 5) is 12.2. The van der Waals surface area contributed by atoms with Gasteiger partial charge in [-0.25, -0.2) is 8.42 Å². The highest BCUT2D eigenvalue weighted by molar-refractivity contribution is 7.92. The molecule has 0 aliphatic heterocycles. The largest absolute Gasteiger partial charge is 0.352 e. The van der Waals surface area contributed by atoms with Crippen LogP contribution in [0.3, 0.4) is 0 Å². The number of nitrogens with one attached hydrogen (secondary N) is 2. The van der Waals surface area contributed by atoms with Crippen LogP contribution < -0.4 is 10.0 Å². The zero-order valence-electron chi connectivity index (χ0n) is 14.1. The first-order chi connectivity index (χ1) is 11.8. The topological polar surface area (TPSA) is 75.3 Å². The van der Waals surface area contributed by atoms with Crippen LogP contribution in [0.5, 0.6) is 0 Å². The van der Waals surface area contributed by atoms with Gasteiger partial charge in [0.2, 0.25) is 0 Å². The van der Waals surface area contributed by atoms with Gasteiger partial charge < -0.3 is 5.32 Å². The SMILES string of the molecule is CC(C)CCNC(=O)c1cccc(S(=O)(=O)Nc2cccc(Cl)c2)c1. The van der Waals surface area contributed by atoms with Crippen molar-refractivity contribution in [1.82, 2.24) is 5.32 Å². The number of carbonyl (C=O) groups excluding carboxylic acids is 1. The summed E-state index contributed by atoms with van der Waals surface area (Å²) in [5.41, 5.74) is 0.664. The number of sulfonamides is 1. The summed E-state index contributed by atoms with van der Waals surface area (Å²) in [7, 11) is -3.81. The van der Waals surface area contributed by atoms with Gasteiger partial charge in [-0.3, -0.25) is 9.52 Å². The second-order valence-corrected chi connectivity index (χ2v) is 8.20. The Kier molecular flexibility index (Phi) is 6.45. The van der Waals surface area contributed by atoms with Crippen molar-refractivity contribution in [3.8, 4) is 0 Å². The molecule has 0 bridgehead atoms. The van der Waals surface area contributed by atoms with Gasteiger partial charge >= 0.3 is 0 Å². The first-order valence-corrected chi connectivity index (χ1v) is 9.81. The third-order valence-corrected chi connectivity index (χ3v) is 5.10. The third kappa shape index (κ3) is 5.76. The fourth-order valence-corrected chi connectivity index (χ4v) is 3.43. The summed E-state index contributed by atoms with van der Waals surface area (Å²) in [5.74, 6) is 0.189. The van der Waals surface area contributed by atoms with Gasteiger partial charge in [-0.1, -0.05) is 37.6 Å². The van der Waals surface area contributed by atoms with Crippen LogP contribution in [0, 0.1) is 5.92 Å². The van der Waals surface area contributed by atoms with E-state index in [0.717, 1.165) is 6.42 Å². The molecule has 134 valence electrons. The fraction of sp³-hybridized carbons (Fsp3) is 0.278. The van der Waals surface area contributed by atoms with Crippen LogP contribution >= 0.6 is 11.6 Å². The summed E-state index contributed by atoms with van der Waals surface area (Å²) in [6, 6.07) is 12.4. The van der Waals surface area contributed by atoms with Gasteiger partial charge in [-0.15, -0.1) is 0 Å². The Hall–Kier alpha value is -2.05. The molecule has 0 aliphatic rings. The molecule has 0 saturated carbocycles. The standard InChI is InChI=1S/C18H21ClN2O3S/c1-13(2)9-10-20-18(22)14-5-3-8-17(11-14)25(23,24)21-16-7-4-6-15(19)12-16/h3-8,11-13,21H,9-10H2,1-2H3,(H,20,22). The summed E-state index contributed by atoms with van der Waals surface area (Å²) in [6.45, 7) is 4.69. The molecule has 0 spiro atoms. The van der Waals surface area contributed by atoms with Gasteiger partial charge in [0.15, 0.2) is 0 Å². The molecule has 7 heteroatoms. The number of amides is 1. The summed E-state index contributed by atoms with van der Waals surface area (Å²) in [5, 5.41) is 3.22. The molecule has 2 aromatic rings. The van der Waals surface area contributed by atoms with Crippen molar-refractivity contribution >= 4 is 33.2 Å². The van der Waals surface area contributed by atoms with E-state index in [1.807, 2.05) is 0 Å². The Morgan fingerprint density at radius 2 is 1.84 bits per heavy atom. The highest BCUT2D eigenvalue weighted by Gasteiger charge is 2.16. The monoisotopic (exact) mass is 380 g/mol. The first kappa shape index (κ1) is 19.3. The number of hydrogen-bond acceptors (Lipinski definition) is 3. The van der Waals surface area contributed by atoms with Crippen LogP contribution in [0.15, 0.2) is 53.4 Å². The second kappa shape index (κ2) is 8.36. The Morgan fingerprint density at radius 1 is 1.12 bits per heavy atom. The van der Waals surface area contributed by atoms with Crippen LogP contribution in [0.2, 0.25) is 5.02 Å². The van der Waals surface area contributed by atoms with E-state index in [1.165, 1.54) is 18.2 Å². The minimum Gasteiger partial charge on any atom is -0.352 e. The Bertz CT molecular complexity index is 851. The maximum Gasteiger partial charge on any atom is 0.261 e. The van der Waals surface area contributed by atoms with Crippen molar-refractivity contribution in [3.05, 3.63) is 59.1 Å². The molecule has 0 unspecified atom stereocenters. The quantitative estimate of drug-likeness (QED) is 0.764. The molecule has 2 aromatic carbocycles. The molecular formula is C18H21ClN2O3S.